The number of nitrogens with one attached hydrogen (secondary N) is 1. The molecule has 88 valence electrons. The molecule has 0 amide bonds. The maximum Gasteiger partial charge on any atom is 0.136 e. The van der Waals surface area contributed by atoms with E-state index in [4.69, 9.17) is 5.73 Å². The summed E-state index contributed by atoms with van der Waals surface area (Å²) >= 11 is 0. The van der Waals surface area contributed by atoms with Gasteiger partial charge in [-0.3, -0.25) is 0 Å². The van der Waals surface area contributed by atoms with Crippen LogP contribution in [0.25, 0.3) is 0 Å². The second kappa shape index (κ2) is 4.68. The van der Waals surface area contributed by atoms with Gasteiger partial charge in [0.2, 0.25) is 0 Å². The first kappa shape index (κ1) is 11.2. The number of nitrogens with zero attached hydrogens (tertiary/aromatic N) is 2. The van der Waals surface area contributed by atoms with Gasteiger partial charge in [-0.05, 0) is 26.2 Å². The van der Waals surface area contributed by atoms with Crippen LogP contribution in [0.4, 0.5) is 11.6 Å². The van der Waals surface area contributed by atoms with Crippen molar-refractivity contribution in [3.05, 3.63) is 11.4 Å². The smallest absolute Gasteiger partial charge is 0.136 e. The molecule has 0 atom stereocenters. The molecule has 2 rings (SSSR count). The summed E-state index contributed by atoms with van der Waals surface area (Å²) in [6.07, 6.45) is 4.75. The molecule has 0 unspecified atom stereocenters. The minimum absolute atomic E-state index is 0.551. The van der Waals surface area contributed by atoms with Crippen molar-refractivity contribution in [3.63, 3.8) is 0 Å². The first-order chi connectivity index (χ1) is 7.72. The maximum absolute atomic E-state index is 5.90. The van der Waals surface area contributed by atoms with Crippen molar-refractivity contribution >= 4 is 11.6 Å². The van der Waals surface area contributed by atoms with Gasteiger partial charge < -0.3 is 11.1 Å². The third-order valence-electron chi connectivity index (χ3n) is 2.97. The van der Waals surface area contributed by atoms with Gasteiger partial charge in [0, 0.05) is 18.0 Å². The summed E-state index contributed by atoms with van der Waals surface area (Å²) in [5.41, 5.74) is 6.87. The molecule has 4 heteroatoms. The number of nitrogen functional groups attached to an aromatic ring is 1. The van der Waals surface area contributed by atoms with Crippen LogP contribution in [0.3, 0.4) is 0 Å². The van der Waals surface area contributed by atoms with Crippen molar-refractivity contribution in [2.75, 3.05) is 17.6 Å². The number of aromatic nitrogens is 2. The Balaban J connectivity index is 2.14. The largest absolute Gasteiger partial charge is 0.383 e. The van der Waals surface area contributed by atoms with Crippen LogP contribution in [0.2, 0.25) is 0 Å². The molecular weight excluding hydrogens is 200 g/mol. The molecule has 0 radical (unpaired) electrons. The molecule has 1 saturated carbocycles. The quantitative estimate of drug-likeness (QED) is 0.748. The van der Waals surface area contributed by atoms with Gasteiger partial charge in [-0.1, -0.05) is 13.3 Å². The second-order valence-corrected chi connectivity index (χ2v) is 4.50. The van der Waals surface area contributed by atoms with Crippen molar-refractivity contribution < 1.29 is 0 Å². The highest BCUT2D eigenvalue weighted by Crippen LogP contribution is 2.39. The van der Waals surface area contributed by atoms with E-state index in [0.717, 1.165) is 30.2 Å². The zero-order valence-electron chi connectivity index (χ0n) is 10.1. The summed E-state index contributed by atoms with van der Waals surface area (Å²) in [6, 6.07) is 0. The van der Waals surface area contributed by atoms with Crippen molar-refractivity contribution in [1.29, 1.82) is 0 Å². The molecule has 4 nitrogen and oxygen atoms in total. The Labute approximate surface area is 96.7 Å². The molecule has 1 aliphatic carbocycles. The highest BCUT2D eigenvalue weighted by Gasteiger charge is 2.27. The molecule has 0 saturated heterocycles. The summed E-state index contributed by atoms with van der Waals surface area (Å²) < 4.78 is 0. The van der Waals surface area contributed by atoms with E-state index in [1.54, 1.807) is 0 Å². The SMILES string of the molecule is CCCCNc1nc(C2CC2)nc(N)c1C. The first-order valence-electron chi connectivity index (χ1n) is 6.10. The lowest BCUT2D eigenvalue weighted by atomic mass is 10.2. The van der Waals surface area contributed by atoms with E-state index < -0.39 is 0 Å². The molecule has 0 aliphatic heterocycles. The molecule has 0 bridgehead atoms. The zero-order valence-corrected chi connectivity index (χ0v) is 10.1. The van der Waals surface area contributed by atoms with Gasteiger partial charge in [-0.2, -0.15) is 0 Å². The lowest BCUT2D eigenvalue weighted by Crippen LogP contribution is -2.10. The summed E-state index contributed by atoms with van der Waals surface area (Å²) in [7, 11) is 0. The predicted molar refractivity (Wildman–Crippen MR) is 66.6 cm³/mol. The van der Waals surface area contributed by atoms with E-state index in [-0.39, 0.29) is 0 Å². The Morgan fingerprint density at radius 1 is 1.38 bits per heavy atom. The van der Waals surface area contributed by atoms with Crippen LogP contribution >= 0.6 is 0 Å². The highest BCUT2D eigenvalue weighted by atomic mass is 15.1. The lowest BCUT2D eigenvalue weighted by Gasteiger charge is -2.11. The van der Waals surface area contributed by atoms with E-state index in [1.807, 2.05) is 6.92 Å². The highest BCUT2D eigenvalue weighted by molar-refractivity contribution is 5.55. The summed E-state index contributed by atoms with van der Waals surface area (Å²) in [5, 5.41) is 3.35. The molecule has 3 N–H and O–H groups in total. The zero-order chi connectivity index (χ0) is 11.5. The van der Waals surface area contributed by atoms with Crippen LogP contribution < -0.4 is 11.1 Å². The number of nitrogens with two attached hydrogens (primary N) is 1. The summed E-state index contributed by atoms with van der Waals surface area (Å²) in [5.74, 6) is 3.01. The molecular formula is C12H20N4. The molecule has 0 spiro atoms. The third-order valence-corrected chi connectivity index (χ3v) is 2.97. The number of anilines is 2. The Morgan fingerprint density at radius 3 is 2.75 bits per heavy atom. The molecule has 1 aromatic heterocycles. The van der Waals surface area contributed by atoms with Gasteiger partial charge in [0.15, 0.2) is 0 Å². The average molecular weight is 220 g/mol. The van der Waals surface area contributed by atoms with Crippen molar-refractivity contribution in [2.45, 2.75) is 45.4 Å². The van der Waals surface area contributed by atoms with Gasteiger partial charge in [0.05, 0.1) is 0 Å². The topological polar surface area (TPSA) is 63.8 Å². The van der Waals surface area contributed by atoms with Gasteiger partial charge in [-0.25, -0.2) is 9.97 Å². The van der Waals surface area contributed by atoms with E-state index in [0.29, 0.717) is 11.7 Å². The van der Waals surface area contributed by atoms with E-state index in [9.17, 15) is 0 Å². The van der Waals surface area contributed by atoms with Gasteiger partial charge in [0.25, 0.3) is 0 Å². The molecule has 16 heavy (non-hydrogen) atoms. The van der Waals surface area contributed by atoms with Crippen LogP contribution in [-0.4, -0.2) is 16.5 Å². The fourth-order valence-electron chi connectivity index (χ4n) is 1.63. The minimum Gasteiger partial charge on any atom is -0.383 e. The van der Waals surface area contributed by atoms with Crippen LogP contribution in [0, 0.1) is 6.92 Å². The number of rotatable bonds is 5. The Hall–Kier alpha value is -1.32. The van der Waals surface area contributed by atoms with E-state index in [1.165, 1.54) is 19.3 Å². The van der Waals surface area contributed by atoms with Crippen molar-refractivity contribution in [3.8, 4) is 0 Å². The fraction of sp³-hybridized carbons (Fsp3) is 0.667. The Morgan fingerprint density at radius 2 is 2.12 bits per heavy atom. The van der Waals surface area contributed by atoms with Crippen LogP contribution in [0.5, 0.6) is 0 Å². The monoisotopic (exact) mass is 220 g/mol. The van der Waals surface area contributed by atoms with Crippen LogP contribution in [0.15, 0.2) is 0 Å². The number of unbranched alkanes of at least 4 members (excludes halogenated alkanes) is 1. The molecule has 1 heterocycles. The van der Waals surface area contributed by atoms with Crippen LogP contribution in [0.1, 0.15) is 49.9 Å². The van der Waals surface area contributed by atoms with Gasteiger partial charge in [-0.15, -0.1) is 0 Å². The lowest BCUT2D eigenvalue weighted by molar-refractivity contribution is 0.824. The molecule has 1 aliphatic rings. The maximum atomic E-state index is 5.90. The summed E-state index contributed by atoms with van der Waals surface area (Å²) in [4.78, 5) is 8.91. The normalized spacial score (nSPS) is 15.1. The molecule has 1 aromatic rings. The average Bonchev–Trinajstić information content (AvgIpc) is 3.08. The fourth-order valence-corrected chi connectivity index (χ4v) is 1.63. The Bertz CT molecular complexity index is 372. The predicted octanol–water partition coefficient (Wildman–Crippen LogP) is 2.46. The summed E-state index contributed by atoms with van der Waals surface area (Å²) in [6.45, 7) is 5.11. The first-order valence-corrected chi connectivity index (χ1v) is 6.10. The molecule has 1 fully saturated rings. The van der Waals surface area contributed by atoms with Gasteiger partial charge in [0.1, 0.15) is 17.5 Å². The Kier molecular flexibility index (Phi) is 3.27. The molecule has 0 aromatic carbocycles. The number of hydrogen-bond acceptors (Lipinski definition) is 4. The van der Waals surface area contributed by atoms with E-state index >= 15 is 0 Å². The standard InChI is InChI=1S/C12H20N4/c1-3-4-7-14-11-8(2)10(13)15-12(16-11)9-5-6-9/h9H,3-7H2,1-2H3,(H3,13,14,15,16). The van der Waals surface area contributed by atoms with Gasteiger partial charge >= 0.3 is 0 Å². The van der Waals surface area contributed by atoms with Crippen molar-refractivity contribution in [2.24, 2.45) is 0 Å². The second-order valence-electron chi connectivity index (χ2n) is 4.50. The number of hydrogen-bond donors (Lipinski definition) is 2. The third kappa shape index (κ3) is 2.43. The minimum atomic E-state index is 0.551. The van der Waals surface area contributed by atoms with Crippen molar-refractivity contribution in [1.82, 2.24) is 9.97 Å². The van der Waals surface area contributed by atoms with Crippen LogP contribution in [-0.2, 0) is 0 Å². The van der Waals surface area contributed by atoms with E-state index in [2.05, 4.69) is 22.2 Å².